The number of thiocarbonyl (C=S) groups is 1. The molecule has 0 aliphatic heterocycles. The van der Waals surface area contributed by atoms with E-state index >= 15 is 0 Å². The summed E-state index contributed by atoms with van der Waals surface area (Å²) in [6.45, 7) is 0.466. The standard InChI is InChI=1S/C10H13N3O2S2/c11-10(16)9-8(2-1-5-12-9)17(14,15)13-6-7-3-4-7/h1-2,5,7,13H,3-4,6H2,(H2,11,16). The van der Waals surface area contributed by atoms with Gasteiger partial charge < -0.3 is 5.73 Å². The van der Waals surface area contributed by atoms with Crippen LogP contribution in [0.1, 0.15) is 18.5 Å². The first-order valence-corrected chi connectivity index (χ1v) is 7.14. The molecule has 17 heavy (non-hydrogen) atoms. The van der Waals surface area contributed by atoms with Gasteiger partial charge in [-0.15, -0.1) is 0 Å². The maximum atomic E-state index is 12.0. The van der Waals surface area contributed by atoms with E-state index in [1.807, 2.05) is 0 Å². The molecule has 2 rings (SSSR count). The normalized spacial score (nSPS) is 15.8. The number of nitrogens with one attached hydrogen (secondary N) is 1. The van der Waals surface area contributed by atoms with E-state index in [2.05, 4.69) is 9.71 Å². The van der Waals surface area contributed by atoms with E-state index in [-0.39, 0.29) is 15.6 Å². The van der Waals surface area contributed by atoms with Gasteiger partial charge in [0.25, 0.3) is 0 Å². The summed E-state index contributed by atoms with van der Waals surface area (Å²) >= 11 is 4.79. The monoisotopic (exact) mass is 271 g/mol. The number of pyridine rings is 1. The molecule has 1 aliphatic rings. The second-order valence-electron chi connectivity index (χ2n) is 4.01. The Morgan fingerprint density at radius 2 is 2.29 bits per heavy atom. The van der Waals surface area contributed by atoms with Gasteiger partial charge in [-0.1, -0.05) is 12.2 Å². The van der Waals surface area contributed by atoms with E-state index in [9.17, 15) is 8.42 Å². The van der Waals surface area contributed by atoms with Gasteiger partial charge in [-0.25, -0.2) is 13.1 Å². The summed E-state index contributed by atoms with van der Waals surface area (Å²) in [5.41, 5.74) is 5.60. The van der Waals surface area contributed by atoms with Crippen LogP contribution in [0.5, 0.6) is 0 Å². The van der Waals surface area contributed by atoms with Crippen molar-refractivity contribution in [2.24, 2.45) is 11.7 Å². The minimum Gasteiger partial charge on any atom is -0.388 e. The van der Waals surface area contributed by atoms with E-state index in [0.717, 1.165) is 12.8 Å². The average molecular weight is 271 g/mol. The first kappa shape index (κ1) is 12.4. The van der Waals surface area contributed by atoms with Gasteiger partial charge in [-0.3, -0.25) is 4.98 Å². The third-order valence-electron chi connectivity index (χ3n) is 2.55. The molecule has 0 unspecified atom stereocenters. The van der Waals surface area contributed by atoms with E-state index in [1.165, 1.54) is 12.3 Å². The number of rotatable bonds is 5. The highest BCUT2D eigenvalue weighted by molar-refractivity contribution is 7.89. The molecular formula is C10H13N3O2S2. The average Bonchev–Trinajstić information content (AvgIpc) is 3.10. The van der Waals surface area contributed by atoms with Gasteiger partial charge in [-0.05, 0) is 30.9 Å². The molecule has 1 aromatic heterocycles. The Morgan fingerprint density at radius 1 is 1.59 bits per heavy atom. The molecule has 1 fully saturated rings. The van der Waals surface area contributed by atoms with Gasteiger partial charge in [0.2, 0.25) is 10.0 Å². The topological polar surface area (TPSA) is 85.1 Å². The van der Waals surface area contributed by atoms with Gasteiger partial charge in [0, 0.05) is 12.7 Å². The highest BCUT2D eigenvalue weighted by Gasteiger charge is 2.26. The van der Waals surface area contributed by atoms with Crippen molar-refractivity contribution in [2.45, 2.75) is 17.7 Å². The lowest BCUT2D eigenvalue weighted by Crippen LogP contribution is -2.28. The molecule has 0 spiro atoms. The Hall–Kier alpha value is -1.05. The van der Waals surface area contributed by atoms with Gasteiger partial charge >= 0.3 is 0 Å². The molecule has 3 N–H and O–H groups in total. The molecule has 1 heterocycles. The van der Waals surface area contributed by atoms with Crippen LogP contribution in [0.4, 0.5) is 0 Å². The minimum atomic E-state index is -3.57. The van der Waals surface area contributed by atoms with Crippen LogP contribution in [0.25, 0.3) is 0 Å². The minimum absolute atomic E-state index is 0.0163. The Morgan fingerprint density at radius 3 is 2.88 bits per heavy atom. The summed E-state index contributed by atoms with van der Waals surface area (Å²) in [7, 11) is -3.57. The van der Waals surface area contributed by atoms with Gasteiger partial charge in [0.15, 0.2) is 0 Å². The van der Waals surface area contributed by atoms with Crippen LogP contribution in [0, 0.1) is 5.92 Å². The van der Waals surface area contributed by atoms with E-state index in [4.69, 9.17) is 18.0 Å². The maximum absolute atomic E-state index is 12.0. The lowest BCUT2D eigenvalue weighted by molar-refractivity contribution is 0.577. The van der Waals surface area contributed by atoms with E-state index < -0.39 is 10.0 Å². The van der Waals surface area contributed by atoms with Gasteiger partial charge in [0.1, 0.15) is 15.6 Å². The molecular weight excluding hydrogens is 258 g/mol. The molecule has 5 nitrogen and oxygen atoms in total. The van der Waals surface area contributed by atoms with Crippen molar-refractivity contribution in [3.63, 3.8) is 0 Å². The first-order chi connectivity index (χ1) is 8.00. The number of hydrogen-bond acceptors (Lipinski definition) is 4. The Balaban J connectivity index is 2.27. The van der Waals surface area contributed by atoms with Crippen molar-refractivity contribution in [2.75, 3.05) is 6.54 Å². The number of aromatic nitrogens is 1. The van der Waals surface area contributed by atoms with Crippen LogP contribution >= 0.6 is 12.2 Å². The summed E-state index contributed by atoms with van der Waals surface area (Å²) in [6.07, 6.45) is 3.63. The van der Waals surface area contributed by atoms with Crippen molar-refractivity contribution in [3.8, 4) is 0 Å². The molecule has 0 aromatic carbocycles. The Bertz CT molecular complexity index is 538. The van der Waals surface area contributed by atoms with Crippen LogP contribution in [0.15, 0.2) is 23.2 Å². The fourth-order valence-corrected chi connectivity index (χ4v) is 2.93. The molecule has 0 radical (unpaired) electrons. The van der Waals surface area contributed by atoms with Crippen LogP contribution in [0.3, 0.4) is 0 Å². The summed E-state index contributed by atoms with van der Waals surface area (Å²) in [5, 5.41) is 0. The number of sulfonamides is 1. The second kappa shape index (κ2) is 4.67. The molecule has 0 amide bonds. The molecule has 1 aromatic rings. The third-order valence-corrected chi connectivity index (χ3v) is 4.20. The van der Waals surface area contributed by atoms with Crippen LogP contribution in [-0.4, -0.2) is 24.9 Å². The van der Waals surface area contributed by atoms with Crippen molar-refractivity contribution in [3.05, 3.63) is 24.0 Å². The summed E-state index contributed by atoms with van der Waals surface area (Å²) < 4.78 is 26.6. The van der Waals surface area contributed by atoms with Crippen molar-refractivity contribution < 1.29 is 8.42 Å². The maximum Gasteiger partial charge on any atom is 0.242 e. The molecule has 0 bridgehead atoms. The SMILES string of the molecule is NC(=S)c1ncccc1S(=O)(=O)NCC1CC1. The second-order valence-corrected chi connectivity index (χ2v) is 6.18. The molecule has 1 aliphatic carbocycles. The molecule has 92 valence electrons. The largest absolute Gasteiger partial charge is 0.388 e. The van der Waals surface area contributed by atoms with Crippen LogP contribution in [-0.2, 0) is 10.0 Å². The summed E-state index contributed by atoms with van der Waals surface area (Å²) in [5.74, 6) is 0.467. The molecule has 1 saturated carbocycles. The zero-order valence-electron chi connectivity index (χ0n) is 9.09. The summed E-state index contributed by atoms with van der Waals surface area (Å²) in [6, 6.07) is 3.00. The highest BCUT2D eigenvalue weighted by atomic mass is 32.2. The predicted octanol–water partition coefficient (Wildman–Crippen LogP) is 0.404. The number of hydrogen-bond donors (Lipinski definition) is 2. The Kier molecular flexibility index (Phi) is 3.41. The highest BCUT2D eigenvalue weighted by Crippen LogP contribution is 2.28. The van der Waals surface area contributed by atoms with E-state index in [1.54, 1.807) is 6.07 Å². The predicted molar refractivity (Wildman–Crippen MR) is 68.0 cm³/mol. The fraction of sp³-hybridized carbons (Fsp3) is 0.400. The smallest absolute Gasteiger partial charge is 0.242 e. The van der Waals surface area contributed by atoms with Crippen molar-refractivity contribution in [1.82, 2.24) is 9.71 Å². The van der Waals surface area contributed by atoms with Crippen LogP contribution < -0.4 is 10.5 Å². The molecule has 0 saturated heterocycles. The fourth-order valence-electron chi connectivity index (χ4n) is 1.42. The van der Waals surface area contributed by atoms with Crippen molar-refractivity contribution in [1.29, 1.82) is 0 Å². The van der Waals surface area contributed by atoms with Crippen LogP contribution in [0.2, 0.25) is 0 Å². The zero-order chi connectivity index (χ0) is 12.5. The first-order valence-electron chi connectivity index (χ1n) is 5.25. The Labute approximate surface area is 105 Å². The number of nitrogens with zero attached hydrogens (tertiary/aromatic N) is 1. The third kappa shape index (κ3) is 2.99. The van der Waals surface area contributed by atoms with E-state index in [0.29, 0.717) is 12.5 Å². The number of nitrogens with two attached hydrogens (primary N) is 1. The van der Waals surface area contributed by atoms with Gasteiger partial charge in [-0.2, -0.15) is 0 Å². The van der Waals surface area contributed by atoms with Crippen molar-refractivity contribution >= 4 is 27.2 Å². The quantitative estimate of drug-likeness (QED) is 0.757. The molecule has 7 heteroatoms. The lowest BCUT2D eigenvalue weighted by Gasteiger charge is -2.09. The summed E-state index contributed by atoms with van der Waals surface area (Å²) in [4.78, 5) is 3.93. The lowest BCUT2D eigenvalue weighted by atomic mass is 10.3. The zero-order valence-corrected chi connectivity index (χ0v) is 10.7. The molecule has 0 atom stereocenters. The van der Waals surface area contributed by atoms with Gasteiger partial charge in [0.05, 0.1) is 0 Å².